The van der Waals surface area contributed by atoms with Crippen LogP contribution in [0.5, 0.6) is 0 Å². The van der Waals surface area contributed by atoms with Gasteiger partial charge in [-0.15, -0.1) is 0 Å². The fourth-order valence-corrected chi connectivity index (χ4v) is 1.09. The molecular formula is C9H17N3. The van der Waals surface area contributed by atoms with E-state index in [9.17, 15) is 0 Å². The molecule has 0 spiro atoms. The highest BCUT2D eigenvalue weighted by molar-refractivity contribution is 5.08. The molecule has 68 valence electrons. The lowest BCUT2D eigenvalue weighted by atomic mass is 10.2. The molecule has 0 saturated carbocycles. The van der Waals surface area contributed by atoms with Crippen molar-refractivity contribution in [1.82, 2.24) is 9.78 Å². The molecule has 0 aromatic carbocycles. The summed E-state index contributed by atoms with van der Waals surface area (Å²) in [5, 5.41) is 4.21. The van der Waals surface area contributed by atoms with E-state index >= 15 is 0 Å². The summed E-state index contributed by atoms with van der Waals surface area (Å²) in [4.78, 5) is 0. The van der Waals surface area contributed by atoms with Gasteiger partial charge in [0.15, 0.2) is 0 Å². The van der Waals surface area contributed by atoms with Gasteiger partial charge < -0.3 is 5.73 Å². The van der Waals surface area contributed by atoms with Gasteiger partial charge in [0.05, 0.1) is 6.20 Å². The van der Waals surface area contributed by atoms with Crippen LogP contribution in [-0.4, -0.2) is 9.78 Å². The molecule has 3 nitrogen and oxygen atoms in total. The van der Waals surface area contributed by atoms with E-state index in [1.54, 1.807) is 0 Å². The van der Waals surface area contributed by atoms with Gasteiger partial charge in [0.25, 0.3) is 0 Å². The molecule has 0 aliphatic heterocycles. The largest absolute Gasteiger partial charge is 0.324 e. The molecule has 3 heteroatoms. The van der Waals surface area contributed by atoms with Gasteiger partial charge in [-0.25, -0.2) is 0 Å². The second-order valence-corrected chi connectivity index (χ2v) is 3.68. The van der Waals surface area contributed by atoms with Crippen molar-refractivity contribution in [3.8, 4) is 0 Å². The second-order valence-electron chi connectivity index (χ2n) is 3.68. The molecule has 0 radical (unpaired) electrons. The fourth-order valence-electron chi connectivity index (χ4n) is 1.09. The lowest BCUT2D eigenvalue weighted by Crippen LogP contribution is -2.05. The molecule has 0 aliphatic carbocycles. The lowest BCUT2D eigenvalue weighted by Gasteiger charge is -2.03. The van der Waals surface area contributed by atoms with E-state index in [2.05, 4.69) is 18.9 Å². The number of nitrogens with two attached hydrogens (primary N) is 1. The lowest BCUT2D eigenvalue weighted by molar-refractivity contribution is 0.482. The normalized spacial score (nSPS) is 13.8. The predicted molar refractivity (Wildman–Crippen MR) is 49.7 cm³/mol. The molecule has 1 aromatic heterocycles. The van der Waals surface area contributed by atoms with E-state index in [1.165, 1.54) is 0 Å². The Bertz CT molecular complexity index is 238. The molecule has 0 aliphatic rings. The van der Waals surface area contributed by atoms with Crippen LogP contribution in [0.3, 0.4) is 0 Å². The average Bonchev–Trinajstić information content (AvgIpc) is 2.34. The van der Waals surface area contributed by atoms with Crippen molar-refractivity contribution in [2.24, 2.45) is 11.7 Å². The summed E-state index contributed by atoms with van der Waals surface area (Å²) in [6.07, 6.45) is 3.86. The zero-order chi connectivity index (χ0) is 9.14. The Morgan fingerprint density at radius 3 is 2.58 bits per heavy atom. The summed E-state index contributed by atoms with van der Waals surface area (Å²) in [7, 11) is 0. The first-order chi connectivity index (χ1) is 5.59. The van der Waals surface area contributed by atoms with Crippen molar-refractivity contribution >= 4 is 0 Å². The molecule has 0 amide bonds. The standard InChI is InChI=1S/C9H17N3/c1-7(2)5-12-6-9(4-11-12)8(3)10/h4,6-8H,5,10H2,1-3H3/t8-/m0/s1. The molecule has 2 N–H and O–H groups in total. The number of rotatable bonds is 3. The molecule has 1 rings (SSSR count). The maximum atomic E-state index is 5.70. The molecule has 12 heavy (non-hydrogen) atoms. The Morgan fingerprint density at radius 2 is 2.17 bits per heavy atom. The molecule has 0 bridgehead atoms. The summed E-state index contributed by atoms with van der Waals surface area (Å²) < 4.78 is 1.95. The van der Waals surface area contributed by atoms with Gasteiger partial charge in [0.1, 0.15) is 0 Å². The minimum absolute atomic E-state index is 0.0888. The monoisotopic (exact) mass is 167 g/mol. The third-order valence-electron chi connectivity index (χ3n) is 1.73. The van der Waals surface area contributed by atoms with Crippen molar-refractivity contribution in [2.45, 2.75) is 33.4 Å². The Balaban J connectivity index is 2.64. The van der Waals surface area contributed by atoms with Crippen molar-refractivity contribution in [2.75, 3.05) is 0 Å². The van der Waals surface area contributed by atoms with Crippen LogP contribution in [0.1, 0.15) is 32.4 Å². The predicted octanol–water partition coefficient (Wildman–Crippen LogP) is 1.56. The van der Waals surface area contributed by atoms with Gasteiger partial charge >= 0.3 is 0 Å². The highest BCUT2D eigenvalue weighted by Crippen LogP contribution is 2.08. The molecule has 0 saturated heterocycles. The summed E-state index contributed by atoms with van der Waals surface area (Å²) >= 11 is 0. The zero-order valence-electron chi connectivity index (χ0n) is 7.99. The van der Waals surface area contributed by atoms with Gasteiger partial charge in [-0.05, 0) is 12.8 Å². The number of aromatic nitrogens is 2. The maximum Gasteiger partial charge on any atom is 0.0537 e. The van der Waals surface area contributed by atoms with Gasteiger partial charge in [-0.3, -0.25) is 4.68 Å². The quantitative estimate of drug-likeness (QED) is 0.742. The Labute approximate surface area is 73.6 Å². The molecule has 0 fully saturated rings. The second kappa shape index (κ2) is 3.72. The van der Waals surface area contributed by atoms with E-state index in [0.717, 1.165) is 12.1 Å². The molecule has 1 heterocycles. The molecule has 1 atom stereocenters. The van der Waals surface area contributed by atoms with Crippen LogP contribution in [0.4, 0.5) is 0 Å². The maximum absolute atomic E-state index is 5.70. The average molecular weight is 167 g/mol. The number of nitrogens with zero attached hydrogens (tertiary/aromatic N) is 2. The minimum atomic E-state index is 0.0888. The van der Waals surface area contributed by atoms with Gasteiger partial charge in [-0.1, -0.05) is 13.8 Å². The van der Waals surface area contributed by atoms with Crippen LogP contribution in [0.2, 0.25) is 0 Å². The Kier molecular flexibility index (Phi) is 2.87. The van der Waals surface area contributed by atoms with Crippen LogP contribution < -0.4 is 5.73 Å². The van der Waals surface area contributed by atoms with Crippen LogP contribution in [0.15, 0.2) is 12.4 Å². The molecule has 1 aromatic rings. The van der Waals surface area contributed by atoms with E-state index in [-0.39, 0.29) is 6.04 Å². The first kappa shape index (κ1) is 9.26. The number of hydrogen-bond acceptors (Lipinski definition) is 2. The van der Waals surface area contributed by atoms with Gasteiger partial charge in [-0.2, -0.15) is 5.10 Å². The Morgan fingerprint density at radius 1 is 1.50 bits per heavy atom. The van der Waals surface area contributed by atoms with Crippen molar-refractivity contribution in [1.29, 1.82) is 0 Å². The van der Waals surface area contributed by atoms with E-state index in [0.29, 0.717) is 5.92 Å². The van der Waals surface area contributed by atoms with Crippen LogP contribution in [0, 0.1) is 5.92 Å². The Hall–Kier alpha value is -0.830. The summed E-state index contributed by atoms with van der Waals surface area (Å²) in [6.45, 7) is 7.28. The topological polar surface area (TPSA) is 43.8 Å². The van der Waals surface area contributed by atoms with E-state index in [4.69, 9.17) is 5.73 Å². The third kappa shape index (κ3) is 2.34. The van der Waals surface area contributed by atoms with E-state index in [1.807, 2.05) is 24.0 Å². The first-order valence-electron chi connectivity index (χ1n) is 4.37. The highest BCUT2D eigenvalue weighted by atomic mass is 15.3. The van der Waals surface area contributed by atoms with Crippen molar-refractivity contribution < 1.29 is 0 Å². The van der Waals surface area contributed by atoms with Crippen LogP contribution >= 0.6 is 0 Å². The summed E-state index contributed by atoms with van der Waals surface area (Å²) in [6, 6.07) is 0.0888. The van der Waals surface area contributed by atoms with Crippen LogP contribution in [-0.2, 0) is 6.54 Å². The highest BCUT2D eigenvalue weighted by Gasteiger charge is 2.03. The fraction of sp³-hybridized carbons (Fsp3) is 0.667. The summed E-state index contributed by atoms with van der Waals surface area (Å²) in [5.74, 6) is 0.630. The van der Waals surface area contributed by atoms with Gasteiger partial charge in [0.2, 0.25) is 0 Å². The van der Waals surface area contributed by atoms with Crippen molar-refractivity contribution in [3.05, 3.63) is 18.0 Å². The zero-order valence-corrected chi connectivity index (χ0v) is 7.99. The SMILES string of the molecule is CC(C)Cn1cc([C@H](C)N)cn1. The van der Waals surface area contributed by atoms with Crippen molar-refractivity contribution in [3.63, 3.8) is 0 Å². The van der Waals surface area contributed by atoms with Crippen LogP contribution in [0.25, 0.3) is 0 Å². The first-order valence-corrected chi connectivity index (χ1v) is 4.37. The third-order valence-corrected chi connectivity index (χ3v) is 1.73. The smallest absolute Gasteiger partial charge is 0.0537 e. The number of hydrogen-bond donors (Lipinski definition) is 1. The molecular weight excluding hydrogens is 150 g/mol. The summed E-state index contributed by atoms with van der Waals surface area (Å²) in [5.41, 5.74) is 6.81. The van der Waals surface area contributed by atoms with E-state index < -0.39 is 0 Å². The van der Waals surface area contributed by atoms with Gasteiger partial charge in [0, 0.05) is 24.3 Å². The molecule has 0 unspecified atom stereocenters. The minimum Gasteiger partial charge on any atom is -0.324 e.